The summed E-state index contributed by atoms with van der Waals surface area (Å²) < 4.78 is 6.49. The first kappa shape index (κ1) is 12.9. The Hall–Kier alpha value is -0.0613. The van der Waals surface area contributed by atoms with E-state index in [-0.39, 0.29) is 0 Å². The summed E-state index contributed by atoms with van der Waals surface area (Å²) in [5, 5.41) is 0. The zero-order valence-electron chi connectivity index (χ0n) is 8.74. The molecule has 0 unspecified atom stereocenters. The second kappa shape index (κ2) is 8.53. The van der Waals surface area contributed by atoms with Crippen LogP contribution < -0.4 is 3.58 Å². The van der Waals surface area contributed by atoms with Crippen LogP contribution in [0.2, 0.25) is 0 Å². The normalized spacial score (nSPS) is 9.31. The molecule has 0 spiro atoms. The molecule has 1 aromatic rings. The summed E-state index contributed by atoms with van der Waals surface area (Å²) >= 11 is -0.650. The van der Waals surface area contributed by atoms with Crippen molar-refractivity contribution in [3.8, 4) is 0 Å². The van der Waals surface area contributed by atoms with E-state index in [2.05, 4.69) is 24.3 Å². The van der Waals surface area contributed by atoms with Crippen LogP contribution in [0.5, 0.6) is 0 Å². The van der Waals surface area contributed by atoms with E-state index in [0.29, 0.717) is 0 Å². The molecule has 1 aromatic carbocycles. The number of hydrogen-bond acceptors (Lipinski definition) is 2. The Morgan fingerprint density at radius 2 is 1.54 bits per heavy atom. The van der Waals surface area contributed by atoms with Crippen molar-refractivity contribution in [2.45, 2.75) is 0 Å². The van der Waals surface area contributed by atoms with E-state index in [9.17, 15) is 0 Å². The van der Waals surface area contributed by atoms with Crippen molar-refractivity contribution in [1.29, 1.82) is 0 Å². The van der Waals surface area contributed by atoms with Gasteiger partial charge < -0.3 is 4.90 Å². The van der Waals surface area contributed by atoms with Gasteiger partial charge in [0, 0.05) is 0 Å². The van der Waals surface area contributed by atoms with Crippen LogP contribution in [0.1, 0.15) is 0 Å². The average molecular weight is 286 g/mol. The standard InChI is InChI=1S/C6H5.C3H9N.CH3O.Sn/c1-2-4-6-5-3-1;1-4(2)3;1-2;/h1-5H;1-3H3;1H3;/q;;-1;+1. The minimum absolute atomic E-state index is 0.650. The first-order chi connectivity index (χ1) is 6.16. The maximum absolute atomic E-state index is 5.10. The zero-order chi connectivity index (χ0) is 10.1. The van der Waals surface area contributed by atoms with E-state index in [1.807, 2.05) is 32.1 Å². The molecule has 72 valence electrons. The fourth-order valence-corrected chi connectivity index (χ4v) is 2.23. The first-order valence-corrected chi connectivity index (χ1v) is 6.71. The van der Waals surface area contributed by atoms with E-state index in [1.165, 1.54) is 3.58 Å². The second-order valence-corrected chi connectivity index (χ2v) is 6.41. The van der Waals surface area contributed by atoms with Gasteiger partial charge in [-0.3, -0.25) is 0 Å². The average Bonchev–Trinajstić information content (AvgIpc) is 2.06. The summed E-state index contributed by atoms with van der Waals surface area (Å²) in [6.07, 6.45) is 0. The third-order valence-electron chi connectivity index (χ3n) is 0.994. The predicted molar refractivity (Wildman–Crippen MR) is 58.5 cm³/mol. The van der Waals surface area contributed by atoms with Crippen LogP contribution in [0, 0.1) is 0 Å². The molecule has 0 atom stereocenters. The Balaban J connectivity index is 0.000000310. The second-order valence-electron chi connectivity index (χ2n) is 3.01. The van der Waals surface area contributed by atoms with E-state index in [1.54, 1.807) is 7.11 Å². The van der Waals surface area contributed by atoms with Crippen LogP contribution >= 0.6 is 0 Å². The fourth-order valence-electron chi connectivity index (χ4n) is 0.624. The summed E-state index contributed by atoms with van der Waals surface area (Å²) in [6, 6.07) is 10.4. The van der Waals surface area contributed by atoms with Crippen molar-refractivity contribution in [3.05, 3.63) is 30.3 Å². The Morgan fingerprint density at radius 3 is 1.92 bits per heavy atom. The predicted octanol–water partition coefficient (Wildman–Crippen LogP) is 0.755. The van der Waals surface area contributed by atoms with E-state index < -0.39 is 21.6 Å². The van der Waals surface area contributed by atoms with E-state index in [4.69, 9.17) is 3.07 Å². The van der Waals surface area contributed by atoms with Crippen LogP contribution in [0.25, 0.3) is 0 Å². The van der Waals surface area contributed by atoms with Gasteiger partial charge in [-0.15, -0.1) is 0 Å². The number of benzene rings is 1. The van der Waals surface area contributed by atoms with Gasteiger partial charge in [-0.05, 0) is 21.1 Å². The van der Waals surface area contributed by atoms with Gasteiger partial charge in [-0.2, -0.15) is 0 Å². The Bertz CT molecular complexity index is 199. The van der Waals surface area contributed by atoms with Gasteiger partial charge in [0.05, 0.1) is 0 Å². The van der Waals surface area contributed by atoms with Crippen molar-refractivity contribution >= 4 is 25.1 Å². The molecule has 0 aliphatic rings. The molecule has 0 amide bonds. The maximum atomic E-state index is 5.10. The third kappa shape index (κ3) is 9.86. The van der Waals surface area contributed by atoms with Gasteiger partial charge in [-0.25, -0.2) is 0 Å². The van der Waals surface area contributed by atoms with Crippen LogP contribution in [0.15, 0.2) is 30.3 Å². The van der Waals surface area contributed by atoms with Gasteiger partial charge in [0.25, 0.3) is 0 Å². The van der Waals surface area contributed by atoms with Crippen LogP contribution in [0.3, 0.4) is 0 Å². The minimum atomic E-state index is -0.650. The molecule has 0 saturated heterocycles. The van der Waals surface area contributed by atoms with Crippen molar-refractivity contribution in [2.24, 2.45) is 0 Å². The van der Waals surface area contributed by atoms with Crippen molar-refractivity contribution in [1.82, 2.24) is 4.90 Å². The Labute approximate surface area is 91.7 Å². The van der Waals surface area contributed by atoms with Crippen molar-refractivity contribution < 1.29 is 3.07 Å². The SMILES string of the molecule is CN(C)C.C[O][Sn][c]1ccccc1. The molecule has 0 saturated carbocycles. The molecule has 0 fully saturated rings. The molecule has 0 heterocycles. The number of nitrogens with zero attached hydrogens (tertiary/aromatic N) is 1. The fraction of sp³-hybridized carbons (Fsp3) is 0.400. The Kier molecular flexibility index (Phi) is 8.49. The van der Waals surface area contributed by atoms with Gasteiger partial charge >= 0.3 is 65.7 Å². The molecule has 0 aliphatic carbocycles. The third-order valence-corrected chi connectivity index (χ3v) is 3.20. The summed E-state index contributed by atoms with van der Waals surface area (Å²) in [5.74, 6) is 0. The zero-order valence-corrected chi connectivity index (χ0v) is 11.6. The first-order valence-electron chi connectivity index (χ1n) is 4.11. The van der Waals surface area contributed by atoms with Gasteiger partial charge in [-0.1, -0.05) is 0 Å². The van der Waals surface area contributed by atoms with Crippen LogP contribution in [0.4, 0.5) is 0 Å². The molecule has 1 rings (SSSR count). The Morgan fingerprint density at radius 1 is 1.08 bits per heavy atom. The van der Waals surface area contributed by atoms with Crippen LogP contribution in [-0.4, -0.2) is 54.7 Å². The molecule has 3 heteroatoms. The summed E-state index contributed by atoms with van der Waals surface area (Å²) in [5.41, 5.74) is 0. The van der Waals surface area contributed by atoms with Crippen LogP contribution in [-0.2, 0) is 3.07 Å². The topological polar surface area (TPSA) is 12.5 Å². The summed E-state index contributed by atoms with van der Waals surface area (Å²) in [4.78, 5) is 2.00. The molecule has 2 radical (unpaired) electrons. The van der Waals surface area contributed by atoms with Crippen molar-refractivity contribution in [3.63, 3.8) is 0 Å². The molecule has 0 bridgehead atoms. The van der Waals surface area contributed by atoms with Crippen molar-refractivity contribution in [2.75, 3.05) is 28.3 Å². The van der Waals surface area contributed by atoms with E-state index >= 15 is 0 Å². The molecular weight excluding hydrogens is 269 g/mol. The molecule has 0 N–H and O–H groups in total. The van der Waals surface area contributed by atoms with Gasteiger partial charge in [0.15, 0.2) is 0 Å². The number of rotatable bonds is 2. The molecule has 2 nitrogen and oxygen atoms in total. The van der Waals surface area contributed by atoms with Gasteiger partial charge in [0.2, 0.25) is 0 Å². The quantitative estimate of drug-likeness (QED) is 0.744. The van der Waals surface area contributed by atoms with Gasteiger partial charge in [0.1, 0.15) is 0 Å². The van der Waals surface area contributed by atoms with E-state index in [0.717, 1.165) is 0 Å². The monoisotopic (exact) mass is 287 g/mol. The number of hydrogen-bond donors (Lipinski definition) is 0. The molecule has 0 aliphatic heterocycles. The molecule has 0 aromatic heterocycles. The molecule has 13 heavy (non-hydrogen) atoms. The summed E-state index contributed by atoms with van der Waals surface area (Å²) in [6.45, 7) is 0. The summed E-state index contributed by atoms with van der Waals surface area (Å²) in [7, 11) is 7.78. The molecular formula is C10H17NOSn.